The van der Waals surface area contributed by atoms with Crippen LogP contribution in [0.4, 0.5) is 13.2 Å². The molecule has 16 heavy (non-hydrogen) atoms. The fourth-order valence-electron chi connectivity index (χ4n) is 1.26. The summed E-state index contributed by atoms with van der Waals surface area (Å²) >= 11 is 0. The lowest BCUT2D eigenvalue weighted by Gasteiger charge is -2.13. The smallest absolute Gasteiger partial charge is 0.416 e. The maximum atomic E-state index is 12.3. The van der Waals surface area contributed by atoms with E-state index in [0.717, 1.165) is 25.3 Å². The summed E-state index contributed by atoms with van der Waals surface area (Å²) < 4.78 is 41.6. The monoisotopic (exact) mass is 234 g/mol. The molecule has 1 aromatic carbocycles. The van der Waals surface area contributed by atoms with Crippen LogP contribution in [0.2, 0.25) is 0 Å². The van der Waals surface area contributed by atoms with Gasteiger partial charge in [0, 0.05) is 7.11 Å². The molecule has 1 rings (SSSR count). The quantitative estimate of drug-likeness (QED) is 0.873. The van der Waals surface area contributed by atoms with Crippen molar-refractivity contribution in [2.45, 2.75) is 12.3 Å². The van der Waals surface area contributed by atoms with Crippen molar-refractivity contribution in [2.24, 2.45) is 0 Å². The summed E-state index contributed by atoms with van der Waals surface area (Å²) in [5, 5.41) is 8.71. The average Bonchev–Trinajstić information content (AvgIpc) is 2.17. The Morgan fingerprint density at radius 2 is 2.06 bits per heavy atom. The number of alkyl halides is 3. The summed E-state index contributed by atoms with van der Waals surface area (Å²) in [6.07, 6.45) is -5.88. The first-order valence-corrected chi connectivity index (χ1v) is 4.29. The van der Waals surface area contributed by atoms with Gasteiger partial charge in [-0.25, -0.2) is 4.79 Å². The number of hydrogen-bond acceptors (Lipinski definition) is 2. The van der Waals surface area contributed by atoms with E-state index < -0.39 is 23.8 Å². The third kappa shape index (κ3) is 2.73. The Labute approximate surface area is 89.5 Å². The zero-order valence-electron chi connectivity index (χ0n) is 8.28. The van der Waals surface area contributed by atoms with Crippen LogP contribution in [0.3, 0.4) is 0 Å². The fourth-order valence-corrected chi connectivity index (χ4v) is 1.26. The van der Waals surface area contributed by atoms with Gasteiger partial charge in [0.25, 0.3) is 0 Å². The normalized spacial score (nSPS) is 13.5. The number of aliphatic carboxylic acids is 1. The molecule has 0 saturated heterocycles. The number of hydrogen-bond donors (Lipinski definition) is 1. The van der Waals surface area contributed by atoms with E-state index in [1.54, 1.807) is 0 Å². The molecule has 0 heterocycles. The third-order valence-electron chi connectivity index (χ3n) is 1.98. The van der Waals surface area contributed by atoms with Crippen LogP contribution < -0.4 is 0 Å². The Bertz CT molecular complexity index is 387. The van der Waals surface area contributed by atoms with Crippen LogP contribution in [-0.2, 0) is 15.7 Å². The molecule has 88 valence electrons. The zero-order chi connectivity index (χ0) is 12.3. The molecular weight excluding hydrogens is 225 g/mol. The second-order valence-corrected chi connectivity index (χ2v) is 3.08. The van der Waals surface area contributed by atoms with E-state index in [9.17, 15) is 18.0 Å². The van der Waals surface area contributed by atoms with Gasteiger partial charge in [-0.2, -0.15) is 13.2 Å². The zero-order valence-corrected chi connectivity index (χ0v) is 8.28. The summed E-state index contributed by atoms with van der Waals surface area (Å²) in [5.74, 6) is -1.33. The Kier molecular flexibility index (Phi) is 3.54. The number of halogens is 3. The highest BCUT2D eigenvalue weighted by Gasteiger charge is 2.31. The summed E-state index contributed by atoms with van der Waals surface area (Å²) in [4.78, 5) is 10.7. The van der Waals surface area contributed by atoms with Gasteiger partial charge in [0.15, 0.2) is 6.10 Å². The minimum atomic E-state index is -4.49. The molecule has 1 N–H and O–H groups in total. The van der Waals surface area contributed by atoms with Gasteiger partial charge in [0.2, 0.25) is 0 Å². The predicted molar refractivity (Wildman–Crippen MR) is 48.8 cm³/mol. The highest BCUT2D eigenvalue weighted by atomic mass is 19.4. The lowest BCUT2D eigenvalue weighted by Crippen LogP contribution is -2.14. The second-order valence-electron chi connectivity index (χ2n) is 3.08. The first kappa shape index (κ1) is 12.5. The molecule has 1 atom stereocenters. The Morgan fingerprint density at radius 3 is 2.50 bits per heavy atom. The molecule has 0 aliphatic heterocycles. The van der Waals surface area contributed by atoms with Gasteiger partial charge in [-0.05, 0) is 17.7 Å². The number of carbonyl (C=O) groups is 1. The predicted octanol–water partition coefficient (Wildman–Crippen LogP) is 2.48. The van der Waals surface area contributed by atoms with E-state index in [1.807, 2.05) is 0 Å². The number of ether oxygens (including phenoxy) is 1. The number of carboxylic acid groups (broad SMARTS) is 1. The number of benzene rings is 1. The van der Waals surface area contributed by atoms with Crippen molar-refractivity contribution in [3.8, 4) is 0 Å². The molecule has 0 aliphatic rings. The van der Waals surface area contributed by atoms with E-state index in [0.29, 0.717) is 0 Å². The van der Waals surface area contributed by atoms with Crippen LogP contribution in [0, 0.1) is 0 Å². The van der Waals surface area contributed by atoms with Crippen molar-refractivity contribution in [1.29, 1.82) is 0 Å². The minimum absolute atomic E-state index is 0.0372. The molecule has 0 spiro atoms. The molecule has 0 amide bonds. The molecule has 1 aromatic rings. The first-order chi connectivity index (χ1) is 7.36. The number of rotatable bonds is 3. The summed E-state index contributed by atoms with van der Waals surface area (Å²) in [5.41, 5.74) is -0.932. The van der Waals surface area contributed by atoms with E-state index in [4.69, 9.17) is 5.11 Å². The van der Waals surface area contributed by atoms with E-state index >= 15 is 0 Å². The molecule has 3 nitrogen and oxygen atoms in total. The van der Waals surface area contributed by atoms with Crippen molar-refractivity contribution in [2.75, 3.05) is 7.11 Å². The highest BCUT2D eigenvalue weighted by Crippen LogP contribution is 2.31. The van der Waals surface area contributed by atoms with E-state index in [2.05, 4.69) is 4.74 Å². The lowest BCUT2D eigenvalue weighted by atomic mass is 10.1. The summed E-state index contributed by atoms with van der Waals surface area (Å²) in [6, 6.07) is 4.06. The van der Waals surface area contributed by atoms with Gasteiger partial charge >= 0.3 is 12.1 Å². The Morgan fingerprint density at radius 1 is 1.44 bits per heavy atom. The van der Waals surface area contributed by atoms with Gasteiger partial charge in [0.05, 0.1) is 5.56 Å². The minimum Gasteiger partial charge on any atom is -0.479 e. The van der Waals surface area contributed by atoms with Gasteiger partial charge < -0.3 is 9.84 Å². The molecule has 0 unspecified atom stereocenters. The average molecular weight is 234 g/mol. The van der Waals surface area contributed by atoms with Crippen molar-refractivity contribution in [1.82, 2.24) is 0 Å². The van der Waals surface area contributed by atoms with Crippen molar-refractivity contribution < 1.29 is 27.8 Å². The third-order valence-corrected chi connectivity index (χ3v) is 1.98. The topological polar surface area (TPSA) is 46.5 Å². The summed E-state index contributed by atoms with van der Waals surface area (Å²) in [7, 11) is 1.12. The fraction of sp³-hybridized carbons (Fsp3) is 0.300. The maximum Gasteiger partial charge on any atom is 0.416 e. The van der Waals surface area contributed by atoms with Crippen LogP contribution in [0.15, 0.2) is 24.3 Å². The Hall–Kier alpha value is -1.56. The van der Waals surface area contributed by atoms with Crippen LogP contribution in [0.25, 0.3) is 0 Å². The largest absolute Gasteiger partial charge is 0.479 e. The van der Waals surface area contributed by atoms with E-state index in [1.165, 1.54) is 6.07 Å². The molecule has 0 radical (unpaired) electrons. The van der Waals surface area contributed by atoms with Crippen molar-refractivity contribution >= 4 is 5.97 Å². The molecule has 0 fully saturated rings. The van der Waals surface area contributed by atoms with Crippen molar-refractivity contribution in [3.63, 3.8) is 0 Å². The van der Waals surface area contributed by atoms with Gasteiger partial charge in [-0.15, -0.1) is 0 Å². The van der Waals surface area contributed by atoms with Gasteiger partial charge in [-0.3, -0.25) is 0 Å². The Balaban J connectivity index is 3.11. The van der Waals surface area contributed by atoms with Crippen LogP contribution >= 0.6 is 0 Å². The van der Waals surface area contributed by atoms with E-state index in [-0.39, 0.29) is 5.56 Å². The van der Waals surface area contributed by atoms with Crippen LogP contribution in [0.5, 0.6) is 0 Å². The highest BCUT2D eigenvalue weighted by molar-refractivity contribution is 5.74. The summed E-state index contributed by atoms with van der Waals surface area (Å²) in [6.45, 7) is 0. The second kappa shape index (κ2) is 4.52. The van der Waals surface area contributed by atoms with Crippen LogP contribution in [-0.4, -0.2) is 18.2 Å². The number of carboxylic acids is 1. The lowest BCUT2D eigenvalue weighted by molar-refractivity contribution is -0.149. The SMILES string of the molecule is CO[C@@H](C(=O)O)c1cccc(C(F)(F)F)c1. The first-order valence-electron chi connectivity index (χ1n) is 4.29. The van der Waals surface area contributed by atoms with Crippen molar-refractivity contribution in [3.05, 3.63) is 35.4 Å². The van der Waals surface area contributed by atoms with Gasteiger partial charge in [0.1, 0.15) is 0 Å². The molecular formula is C10H9F3O3. The molecule has 0 aromatic heterocycles. The molecule has 0 saturated carbocycles. The van der Waals surface area contributed by atoms with Gasteiger partial charge in [-0.1, -0.05) is 12.1 Å². The van der Waals surface area contributed by atoms with Crippen LogP contribution in [0.1, 0.15) is 17.2 Å². The standard InChI is InChI=1S/C10H9F3O3/c1-16-8(9(14)15)6-3-2-4-7(5-6)10(11,12)13/h2-5,8H,1H3,(H,14,15)/t8-/m1/s1. The molecule has 6 heteroatoms. The number of methoxy groups -OCH3 is 1. The molecule has 0 aliphatic carbocycles. The molecule has 0 bridgehead atoms. The maximum absolute atomic E-state index is 12.3.